The number of benzene rings is 2. The van der Waals surface area contributed by atoms with Crippen LogP contribution in [-0.4, -0.2) is 21.6 Å². The van der Waals surface area contributed by atoms with E-state index in [0.717, 1.165) is 22.0 Å². The van der Waals surface area contributed by atoms with E-state index in [9.17, 15) is 9.59 Å². The molecule has 1 aliphatic carbocycles. The van der Waals surface area contributed by atoms with Gasteiger partial charge in [-0.05, 0) is 23.8 Å². The van der Waals surface area contributed by atoms with Crippen molar-refractivity contribution >= 4 is 34.1 Å². The number of aryl methyl sites for hydroxylation is 1. The van der Waals surface area contributed by atoms with Crippen LogP contribution in [-0.2, 0) is 11.8 Å². The molecule has 2 amide bonds. The Bertz CT molecular complexity index is 1310. The van der Waals surface area contributed by atoms with Gasteiger partial charge in [0, 0.05) is 23.7 Å². The molecule has 7 heteroatoms. The van der Waals surface area contributed by atoms with E-state index < -0.39 is 0 Å². The third-order valence-corrected chi connectivity index (χ3v) is 5.19. The van der Waals surface area contributed by atoms with E-state index >= 15 is 0 Å². The van der Waals surface area contributed by atoms with Crippen LogP contribution in [0.2, 0.25) is 0 Å². The van der Waals surface area contributed by atoms with Gasteiger partial charge in [0.1, 0.15) is 5.69 Å². The standard InChI is InChI=1S/C23H17N5O2/c1-28-21(18-8-4-5-9-19(18)27-28)23(30)24-15-12-10-14(11-13-15)20-16-6-2-3-7-17(16)22(29)26-25-20/h2-13,17H,1H3,(H,24,30). The lowest BCUT2D eigenvalue weighted by atomic mass is 9.89. The second-order valence-electron chi connectivity index (χ2n) is 7.08. The van der Waals surface area contributed by atoms with Crippen molar-refractivity contribution in [2.45, 2.75) is 0 Å². The molecule has 1 unspecified atom stereocenters. The molecule has 2 aliphatic rings. The van der Waals surface area contributed by atoms with Crippen LogP contribution in [0.25, 0.3) is 16.6 Å². The van der Waals surface area contributed by atoms with Gasteiger partial charge in [0.25, 0.3) is 11.8 Å². The minimum absolute atomic E-state index is 0.232. The molecule has 2 aromatic carbocycles. The number of anilines is 1. The van der Waals surface area contributed by atoms with Crippen molar-refractivity contribution in [2.75, 3.05) is 5.32 Å². The summed E-state index contributed by atoms with van der Waals surface area (Å²) >= 11 is 0. The van der Waals surface area contributed by atoms with Gasteiger partial charge in [-0.2, -0.15) is 5.10 Å². The maximum Gasteiger partial charge on any atom is 0.276 e. The zero-order chi connectivity index (χ0) is 20.7. The Kier molecular flexibility index (Phi) is 4.21. The van der Waals surface area contributed by atoms with Crippen molar-refractivity contribution in [3.05, 3.63) is 89.7 Å². The fourth-order valence-electron chi connectivity index (χ4n) is 3.75. The molecule has 0 bridgehead atoms. The van der Waals surface area contributed by atoms with Gasteiger partial charge in [-0.15, -0.1) is 10.2 Å². The molecule has 30 heavy (non-hydrogen) atoms. The third kappa shape index (κ3) is 2.97. The Morgan fingerprint density at radius 1 is 1.03 bits per heavy atom. The molecule has 5 rings (SSSR count). The predicted octanol–water partition coefficient (Wildman–Crippen LogP) is 4.27. The van der Waals surface area contributed by atoms with E-state index in [-0.39, 0.29) is 17.7 Å². The Balaban J connectivity index is 1.42. The van der Waals surface area contributed by atoms with E-state index in [1.807, 2.05) is 72.8 Å². The number of fused-ring (bicyclic) bond motifs is 2. The highest BCUT2D eigenvalue weighted by Gasteiger charge is 2.27. The molecule has 2 heterocycles. The van der Waals surface area contributed by atoms with Crippen LogP contribution in [0.1, 0.15) is 16.1 Å². The fourth-order valence-corrected chi connectivity index (χ4v) is 3.75. The number of amides is 2. The van der Waals surface area contributed by atoms with E-state index in [1.54, 1.807) is 11.7 Å². The fraction of sp³-hybridized carbons (Fsp3) is 0.0870. The van der Waals surface area contributed by atoms with Gasteiger partial charge >= 0.3 is 0 Å². The summed E-state index contributed by atoms with van der Waals surface area (Å²) < 4.78 is 1.59. The molecular weight excluding hydrogens is 378 g/mol. The first kappa shape index (κ1) is 17.9. The van der Waals surface area contributed by atoms with Gasteiger partial charge in [-0.3, -0.25) is 14.3 Å². The van der Waals surface area contributed by atoms with Crippen LogP contribution in [0.3, 0.4) is 0 Å². The monoisotopic (exact) mass is 395 g/mol. The molecule has 0 saturated carbocycles. The van der Waals surface area contributed by atoms with Gasteiger partial charge in [0.05, 0.1) is 17.1 Å². The number of allylic oxidation sites excluding steroid dienone is 3. The first-order valence-electron chi connectivity index (χ1n) is 9.50. The van der Waals surface area contributed by atoms with E-state index in [0.29, 0.717) is 17.1 Å². The first-order valence-corrected chi connectivity index (χ1v) is 9.50. The van der Waals surface area contributed by atoms with Crippen molar-refractivity contribution in [1.29, 1.82) is 0 Å². The van der Waals surface area contributed by atoms with Crippen LogP contribution in [0.15, 0.2) is 88.6 Å². The average Bonchev–Trinajstić information content (AvgIpc) is 3.11. The highest BCUT2D eigenvalue weighted by Crippen LogP contribution is 2.34. The van der Waals surface area contributed by atoms with Crippen LogP contribution in [0, 0.1) is 5.92 Å². The summed E-state index contributed by atoms with van der Waals surface area (Å²) in [5.74, 6) is -0.883. The van der Waals surface area contributed by atoms with Crippen LogP contribution >= 0.6 is 0 Å². The second kappa shape index (κ2) is 7.04. The van der Waals surface area contributed by atoms with Crippen LogP contribution in [0.4, 0.5) is 5.69 Å². The Hall–Kier alpha value is -4.13. The number of hydrogen-bond donors (Lipinski definition) is 1. The summed E-state index contributed by atoms with van der Waals surface area (Å²) in [6.07, 6.45) is 7.43. The lowest BCUT2D eigenvalue weighted by Gasteiger charge is -2.19. The second-order valence-corrected chi connectivity index (χ2v) is 7.08. The molecule has 3 aromatic rings. The van der Waals surface area contributed by atoms with Crippen molar-refractivity contribution in [2.24, 2.45) is 23.2 Å². The zero-order valence-electron chi connectivity index (χ0n) is 16.1. The summed E-state index contributed by atoms with van der Waals surface area (Å²) in [4.78, 5) is 24.8. The maximum atomic E-state index is 12.9. The quantitative estimate of drug-likeness (QED) is 0.718. The topological polar surface area (TPSA) is 88.7 Å². The van der Waals surface area contributed by atoms with Crippen molar-refractivity contribution in [3.63, 3.8) is 0 Å². The van der Waals surface area contributed by atoms with Gasteiger partial charge in [0.15, 0.2) is 0 Å². The first-order chi connectivity index (χ1) is 14.6. The minimum atomic E-state index is -0.389. The van der Waals surface area contributed by atoms with Crippen molar-refractivity contribution in [3.8, 4) is 0 Å². The lowest BCUT2D eigenvalue weighted by Crippen LogP contribution is -2.17. The molecule has 0 fully saturated rings. The highest BCUT2D eigenvalue weighted by molar-refractivity contribution is 6.11. The number of hydrogen-bond acceptors (Lipinski definition) is 4. The lowest BCUT2D eigenvalue weighted by molar-refractivity contribution is -0.119. The average molecular weight is 395 g/mol. The number of azo groups is 1. The van der Waals surface area contributed by atoms with Gasteiger partial charge in [-0.1, -0.05) is 54.6 Å². The normalized spacial score (nSPS) is 17.5. The van der Waals surface area contributed by atoms with Gasteiger partial charge < -0.3 is 5.32 Å². The molecule has 1 N–H and O–H groups in total. The molecule has 0 radical (unpaired) electrons. The number of aromatic nitrogens is 2. The number of nitrogens with one attached hydrogen (secondary N) is 1. The van der Waals surface area contributed by atoms with E-state index in [4.69, 9.17) is 0 Å². The molecule has 146 valence electrons. The largest absolute Gasteiger partial charge is 0.321 e. The van der Waals surface area contributed by atoms with E-state index in [1.165, 1.54) is 0 Å². The summed E-state index contributed by atoms with van der Waals surface area (Å²) in [7, 11) is 1.75. The Morgan fingerprint density at radius 2 is 1.83 bits per heavy atom. The molecule has 0 saturated heterocycles. The highest BCUT2D eigenvalue weighted by atomic mass is 16.2. The maximum absolute atomic E-state index is 12.9. The molecule has 0 spiro atoms. The minimum Gasteiger partial charge on any atom is -0.321 e. The number of carbonyl (C=O) groups is 2. The van der Waals surface area contributed by atoms with Crippen LogP contribution < -0.4 is 5.32 Å². The third-order valence-electron chi connectivity index (χ3n) is 5.19. The molecule has 1 aliphatic heterocycles. The Morgan fingerprint density at radius 3 is 2.67 bits per heavy atom. The molecule has 1 aromatic heterocycles. The van der Waals surface area contributed by atoms with Crippen molar-refractivity contribution in [1.82, 2.24) is 9.78 Å². The summed E-state index contributed by atoms with van der Waals surface area (Å²) in [5, 5.41) is 16.0. The molecule has 7 nitrogen and oxygen atoms in total. The summed E-state index contributed by atoms with van der Waals surface area (Å²) in [6.45, 7) is 0. The summed E-state index contributed by atoms with van der Waals surface area (Å²) in [5.41, 5.74) is 4.25. The Labute approximate surface area is 172 Å². The summed E-state index contributed by atoms with van der Waals surface area (Å²) in [6, 6.07) is 14.9. The van der Waals surface area contributed by atoms with Crippen LogP contribution in [0.5, 0.6) is 0 Å². The van der Waals surface area contributed by atoms with Gasteiger partial charge in [-0.25, -0.2) is 0 Å². The predicted molar refractivity (Wildman–Crippen MR) is 114 cm³/mol. The number of nitrogens with zero attached hydrogens (tertiary/aromatic N) is 4. The SMILES string of the molecule is Cn1nc2ccccc2c1C(=O)Nc1ccc(C2=C3C=CC=CC3C(=O)N=N2)cc1. The zero-order valence-corrected chi connectivity index (χ0v) is 16.1. The number of carbonyl (C=O) groups excluding carboxylic acids is 2. The van der Waals surface area contributed by atoms with Crippen molar-refractivity contribution < 1.29 is 9.59 Å². The number of rotatable bonds is 3. The molecule has 1 atom stereocenters. The van der Waals surface area contributed by atoms with E-state index in [2.05, 4.69) is 20.6 Å². The molecular formula is C23H17N5O2. The smallest absolute Gasteiger partial charge is 0.276 e. The van der Waals surface area contributed by atoms with Gasteiger partial charge in [0.2, 0.25) is 0 Å².